The summed E-state index contributed by atoms with van der Waals surface area (Å²) in [7, 11) is 0. The van der Waals surface area contributed by atoms with E-state index in [1.54, 1.807) is 35.4 Å². The minimum Gasteiger partial charge on any atom is -0.473 e. The van der Waals surface area contributed by atoms with Gasteiger partial charge in [0.2, 0.25) is 5.88 Å². The topological polar surface area (TPSA) is 105 Å². The van der Waals surface area contributed by atoms with E-state index in [0.29, 0.717) is 18.1 Å². The van der Waals surface area contributed by atoms with Crippen LogP contribution in [0.25, 0.3) is 0 Å². The number of hydrogen-bond donors (Lipinski definition) is 2. The summed E-state index contributed by atoms with van der Waals surface area (Å²) < 4.78 is 7.16. The number of nitrogens with one attached hydrogen (secondary N) is 1. The van der Waals surface area contributed by atoms with Crippen molar-refractivity contribution in [1.29, 1.82) is 0 Å². The van der Waals surface area contributed by atoms with Gasteiger partial charge in [0.05, 0.1) is 31.0 Å². The van der Waals surface area contributed by atoms with Crippen LogP contribution in [0.4, 0.5) is 10.5 Å². The molecule has 128 valence electrons. The van der Waals surface area contributed by atoms with Crippen LogP contribution in [0.2, 0.25) is 0 Å². The van der Waals surface area contributed by atoms with Crippen LogP contribution in [0, 0.1) is 0 Å². The van der Waals surface area contributed by atoms with E-state index in [1.807, 2.05) is 13.8 Å². The summed E-state index contributed by atoms with van der Waals surface area (Å²) in [6, 6.07) is 2.82. The second-order valence-electron chi connectivity index (χ2n) is 5.88. The number of urea groups is 1. The lowest BCUT2D eigenvalue weighted by Crippen LogP contribution is -2.34. The van der Waals surface area contributed by atoms with Crippen molar-refractivity contribution in [3.63, 3.8) is 0 Å². The van der Waals surface area contributed by atoms with E-state index in [2.05, 4.69) is 20.6 Å². The van der Waals surface area contributed by atoms with Gasteiger partial charge in [-0.15, -0.1) is 5.10 Å². The third kappa shape index (κ3) is 3.46. The Kier molecular flexibility index (Phi) is 4.61. The Morgan fingerprint density at radius 3 is 2.96 bits per heavy atom. The van der Waals surface area contributed by atoms with Gasteiger partial charge in [-0.05, 0) is 26.0 Å². The predicted octanol–water partition coefficient (Wildman–Crippen LogP) is 0.910. The number of pyridine rings is 1. The molecule has 0 aliphatic carbocycles. The standard InChI is InChI=1S/C15H20N6O3/c1-10(2)24-14-11(4-3-5-16-14)18-15(23)20-8-12(13(22)9-20)21-7-6-17-19-21/h3-7,10,12-13,22H,8-9H2,1-2H3,(H,18,23)/t12-,13-/m1/s1. The van der Waals surface area contributed by atoms with E-state index in [0.717, 1.165) is 0 Å². The summed E-state index contributed by atoms with van der Waals surface area (Å²) in [5.74, 6) is 0.369. The minimum atomic E-state index is -0.697. The van der Waals surface area contributed by atoms with Gasteiger partial charge in [0, 0.05) is 18.9 Å². The molecule has 9 nitrogen and oxygen atoms in total. The van der Waals surface area contributed by atoms with Crippen LogP contribution in [0.1, 0.15) is 19.9 Å². The van der Waals surface area contributed by atoms with Gasteiger partial charge in [-0.3, -0.25) is 0 Å². The molecule has 0 unspecified atom stereocenters. The van der Waals surface area contributed by atoms with E-state index in [9.17, 15) is 9.90 Å². The number of carbonyl (C=O) groups is 1. The largest absolute Gasteiger partial charge is 0.473 e. The van der Waals surface area contributed by atoms with Gasteiger partial charge in [-0.2, -0.15) is 0 Å². The fourth-order valence-electron chi connectivity index (χ4n) is 2.59. The highest BCUT2D eigenvalue weighted by Crippen LogP contribution is 2.25. The molecular weight excluding hydrogens is 312 g/mol. The number of likely N-dealkylation sites (tertiary alicyclic amines) is 1. The molecule has 3 heterocycles. The fourth-order valence-corrected chi connectivity index (χ4v) is 2.59. The molecule has 0 bridgehead atoms. The quantitative estimate of drug-likeness (QED) is 0.862. The summed E-state index contributed by atoms with van der Waals surface area (Å²) in [6.45, 7) is 4.34. The lowest BCUT2D eigenvalue weighted by atomic mass is 10.2. The van der Waals surface area contributed by atoms with Crippen LogP contribution in [-0.4, -0.2) is 61.3 Å². The molecule has 1 aliphatic rings. The molecule has 0 aromatic carbocycles. The number of aliphatic hydroxyl groups excluding tert-OH is 1. The molecule has 3 rings (SSSR count). The number of carbonyl (C=O) groups excluding carboxylic acids is 1. The number of amides is 2. The van der Waals surface area contributed by atoms with Gasteiger partial charge in [0.15, 0.2) is 0 Å². The van der Waals surface area contributed by atoms with Crippen molar-refractivity contribution in [2.24, 2.45) is 0 Å². The number of anilines is 1. The normalized spacial score (nSPS) is 20.4. The van der Waals surface area contributed by atoms with E-state index in [1.165, 1.54) is 4.90 Å². The average molecular weight is 332 g/mol. The molecule has 1 saturated heterocycles. The van der Waals surface area contributed by atoms with Gasteiger partial charge >= 0.3 is 6.03 Å². The van der Waals surface area contributed by atoms with E-state index < -0.39 is 6.10 Å². The zero-order chi connectivity index (χ0) is 17.1. The molecule has 1 fully saturated rings. The molecule has 0 spiro atoms. The summed E-state index contributed by atoms with van der Waals surface area (Å²) in [6.07, 6.45) is 4.07. The van der Waals surface area contributed by atoms with Crippen LogP contribution >= 0.6 is 0 Å². The lowest BCUT2D eigenvalue weighted by molar-refractivity contribution is 0.139. The van der Waals surface area contributed by atoms with Crippen molar-refractivity contribution in [2.45, 2.75) is 32.1 Å². The summed E-state index contributed by atoms with van der Waals surface area (Å²) in [4.78, 5) is 18.2. The molecule has 2 amide bonds. The Balaban J connectivity index is 1.68. The van der Waals surface area contributed by atoms with Crippen LogP contribution < -0.4 is 10.1 Å². The first-order valence-corrected chi connectivity index (χ1v) is 7.76. The van der Waals surface area contributed by atoms with E-state index in [4.69, 9.17) is 4.74 Å². The first kappa shape index (κ1) is 16.2. The molecule has 2 N–H and O–H groups in total. The number of nitrogens with zero attached hydrogens (tertiary/aromatic N) is 5. The number of β-amino-alcohol motifs (C(OH)–C–C–N with tert-alkyl or cyclic N) is 1. The van der Waals surface area contributed by atoms with Gasteiger partial charge in [-0.1, -0.05) is 5.21 Å². The summed E-state index contributed by atoms with van der Waals surface area (Å²) >= 11 is 0. The molecule has 9 heteroatoms. The highest BCUT2D eigenvalue weighted by molar-refractivity contribution is 5.90. The zero-order valence-electron chi connectivity index (χ0n) is 13.5. The Morgan fingerprint density at radius 2 is 2.25 bits per heavy atom. The molecule has 1 aliphatic heterocycles. The second kappa shape index (κ2) is 6.83. The van der Waals surface area contributed by atoms with Crippen molar-refractivity contribution in [1.82, 2.24) is 24.9 Å². The summed E-state index contributed by atoms with van der Waals surface area (Å²) in [5, 5.41) is 20.6. The van der Waals surface area contributed by atoms with Crippen LogP contribution in [0.5, 0.6) is 5.88 Å². The maximum absolute atomic E-state index is 12.5. The third-order valence-corrected chi connectivity index (χ3v) is 3.69. The van der Waals surface area contributed by atoms with Gasteiger partial charge in [0.1, 0.15) is 5.69 Å². The molecule has 2 atom stereocenters. The molecular formula is C15H20N6O3. The van der Waals surface area contributed by atoms with Crippen molar-refractivity contribution in [2.75, 3.05) is 18.4 Å². The van der Waals surface area contributed by atoms with Crippen molar-refractivity contribution in [3.8, 4) is 5.88 Å². The number of rotatable bonds is 4. The van der Waals surface area contributed by atoms with Crippen molar-refractivity contribution < 1.29 is 14.6 Å². The van der Waals surface area contributed by atoms with Crippen molar-refractivity contribution >= 4 is 11.7 Å². The Hall–Kier alpha value is -2.68. The second-order valence-corrected chi connectivity index (χ2v) is 5.88. The molecule has 0 radical (unpaired) electrons. The number of aromatic nitrogens is 4. The summed E-state index contributed by atoms with van der Waals surface area (Å²) in [5.41, 5.74) is 0.495. The SMILES string of the molecule is CC(C)Oc1ncccc1NC(=O)N1C[C@@H](O)[C@H](n2ccnn2)C1. The highest BCUT2D eigenvalue weighted by atomic mass is 16.5. The van der Waals surface area contributed by atoms with Crippen molar-refractivity contribution in [3.05, 3.63) is 30.7 Å². The Labute approximate surface area is 139 Å². The van der Waals surface area contributed by atoms with Gasteiger partial charge in [0.25, 0.3) is 0 Å². The maximum atomic E-state index is 12.5. The first-order chi connectivity index (χ1) is 11.5. The molecule has 0 saturated carbocycles. The van der Waals surface area contributed by atoms with Gasteiger partial charge in [-0.25, -0.2) is 14.5 Å². The molecule has 2 aromatic heterocycles. The number of ether oxygens (including phenoxy) is 1. The smallest absolute Gasteiger partial charge is 0.322 e. The third-order valence-electron chi connectivity index (χ3n) is 3.69. The average Bonchev–Trinajstić information content (AvgIpc) is 3.17. The minimum absolute atomic E-state index is 0.0548. The van der Waals surface area contributed by atoms with E-state index >= 15 is 0 Å². The van der Waals surface area contributed by atoms with Gasteiger partial charge < -0.3 is 20.1 Å². The maximum Gasteiger partial charge on any atom is 0.322 e. The zero-order valence-corrected chi connectivity index (χ0v) is 13.5. The van der Waals surface area contributed by atoms with Crippen LogP contribution in [-0.2, 0) is 0 Å². The lowest BCUT2D eigenvalue weighted by Gasteiger charge is -2.18. The molecule has 2 aromatic rings. The fraction of sp³-hybridized carbons (Fsp3) is 0.467. The monoisotopic (exact) mass is 332 g/mol. The Bertz CT molecular complexity index is 690. The predicted molar refractivity (Wildman–Crippen MR) is 85.7 cm³/mol. The van der Waals surface area contributed by atoms with E-state index in [-0.39, 0.29) is 24.7 Å². The number of aliphatic hydroxyl groups is 1. The van der Waals surface area contributed by atoms with Crippen LogP contribution in [0.3, 0.4) is 0 Å². The Morgan fingerprint density at radius 1 is 1.42 bits per heavy atom. The molecule has 24 heavy (non-hydrogen) atoms. The van der Waals surface area contributed by atoms with Crippen LogP contribution in [0.15, 0.2) is 30.7 Å². The number of hydrogen-bond acceptors (Lipinski definition) is 6. The highest BCUT2D eigenvalue weighted by Gasteiger charge is 2.36. The first-order valence-electron chi connectivity index (χ1n) is 7.76.